The fourth-order valence-electron chi connectivity index (χ4n) is 2.79. The average Bonchev–Trinajstić information content (AvgIpc) is 2.66. The fourth-order valence-corrected chi connectivity index (χ4v) is 2.96. The van der Waals surface area contributed by atoms with Crippen molar-refractivity contribution in [1.82, 2.24) is 4.90 Å². The Morgan fingerprint density at radius 2 is 1.90 bits per heavy atom. The van der Waals surface area contributed by atoms with E-state index in [0.717, 1.165) is 6.29 Å². The third-order valence-corrected chi connectivity index (χ3v) is 4.56. The molecule has 0 amide bonds. The van der Waals surface area contributed by atoms with Gasteiger partial charge in [0.2, 0.25) is 0 Å². The molecule has 0 aromatic heterocycles. The van der Waals surface area contributed by atoms with Gasteiger partial charge in [-0.05, 0) is 64.0 Å². The molecule has 1 rings (SSSR count). The number of methoxy groups -OCH3 is 1. The van der Waals surface area contributed by atoms with Crippen LogP contribution in [0.3, 0.4) is 0 Å². The summed E-state index contributed by atoms with van der Waals surface area (Å²) in [6, 6.07) is 4.37. The van der Waals surface area contributed by atoms with Gasteiger partial charge in [0.1, 0.15) is 18.3 Å². The molecule has 1 unspecified atom stereocenters. The molecule has 1 aromatic carbocycles. The van der Waals surface area contributed by atoms with Crippen LogP contribution in [-0.4, -0.2) is 55.7 Å². The van der Waals surface area contributed by atoms with Gasteiger partial charge < -0.3 is 19.2 Å². The Balaban J connectivity index is 3.28. The number of benzene rings is 1. The van der Waals surface area contributed by atoms with Gasteiger partial charge in [-0.25, -0.2) is 0 Å². The lowest BCUT2D eigenvalue weighted by atomic mass is 9.96. The highest BCUT2D eigenvalue weighted by Gasteiger charge is 2.19. The summed E-state index contributed by atoms with van der Waals surface area (Å²) < 4.78 is 11.2. The summed E-state index contributed by atoms with van der Waals surface area (Å²) in [5, 5.41) is 0.417. The van der Waals surface area contributed by atoms with Gasteiger partial charge in [0.25, 0.3) is 0 Å². The molecule has 0 bridgehead atoms. The summed E-state index contributed by atoms with van der Waals surface area (Å²) in [6.07, 6.45) is 4.85. The van der Waals surface area contributed by atoms with Crippen LogP contribution in [0.4, 0.5) is 0 Å². The highest BCUT2D eigenvalue weighted by molar-refractivity contribution is 6.31. The molecule has 0 aliphatic heterocycles. The molecule has 0 radical (unpaired) electrons. The van der Waals surface area contributed by atoms with Crippen molar-refractivity contribution in [3.8, 4) is 0 Å². The lowest BCUT2D eigenvalue weighted by molar-refractivity contribution is -0.112. The molecule has 0 saturated heterocycles. The van der Waals surface area contributed by atoms with E-state index in [1.54, 1.807) is 36.3 Å². The number of halogens is 1. The first-order valence-electron chi connectivity index (χ1n) is 9.57. The minimum Gasteiger partial charge on any atom is -0.495 e. The molecule has 6 nitrogen and oxygen atoms in total. The highest BCUT2D eigenvalue weighted by atomic mass is 35.5. The topological polar surface area (TPSA) is 72.9 Å². The average molecular weight is 436 g/mol. The van der Waals surface area contributed by atoms with Gasteiger partial charge in [0.15, 0.2) is 5.78 Å². The summed E-state index contributed by atoms with van der Waals surface area (Å²) in [7, 11) is 3.19. The third kappa shape index (κ3) is 7.76. The fraction of sp³-hybridized carbons (Fsp3) is 0.435. The first-order valence-corrected chi connectivity index (χ1v) is 9.95. The number of ketones is 1. The normalized spacial score (nSPS) is 13.6. The van der Waals surface area contributed by atoms with Crippen molar-refractivity contribution in [1.29, 1.82) is 0 Å². The maximum absolute atomic E-state index is 12.1. The smallest absolute Gasteiger partial charge is 0.160 e. The van der Waals surface area contributed by atoms with Gasteiger partial charge >= 0.3 is 0 Å². The van der Waals surface area contributed by atoms with Crippen LogP contribution in [0.15, 0.2) is 36.2 Å². The van der Waals surface area contributed by atoms with Gasteiger partial charge in [0.05, 0.1) is 18.8 Å². The quantitative estimate of drug-likeness (QED) is 0.169. The van der Waals surface area contributed by atoms with Crippen LogP contribution in [0, 0.1) is 0 Å². The largest absolute Gasteiger partial charge is 0.495 e. The summed E-state index contributed by atoms with van der Waals surface area (Å²) >= 11 is 6.13. The van der Waals surface area contributed by atoms with E-state index in [9.17, 15) is 14.4 Å². The number of aldehydes is 2. The van der Waals surface area contributed by atoms with Crippen LogP contribution in [0.25, 0.3) is 5.57 Å². The van der Waals surface area contributed by atoms with Crippen LogP contribution in [0.2, 0.25) is 5.02 Å². The van der Waals surface area contributed by atoms with Crippen LogP contribution < -0.4 is 0 Å². The van der Waals surface area contributed by atoms with E-state index in [1.807, 2.05) is 20.8 Å². The highest BCUT2D eigenvalue weighted by Crippen LogP contribution is 2.30. The summed E-state index contributed by atoms with van der Waals surface area (Å²) in [6.45, 7) is 7.69. The number of carbonyl (C=O) groups excluding carboxylic acids is 3. The zero-order valence-electron chi connectivity index (χ0n) is 18.4. The number of rotatable bonds is 11. The second-order valence-electron chi connectivity index (χ2n) is 7.78. The standard InChI is InChI=1S/C23H30ClNO5/c1-16(28)19-8-7-17(24)13-21(19)20(9-11-26)22(29-6)14-25(5)18(15-27)10-12-30-23(2,3)4/h7-9,11,13-15,18H,10,12H2,1-6H3/b20-9-,22-14+. The number of nitrogens with zero attached hydrogens (tertiary/aromatic N) is 1. The first-order chi connectivity index (χ1) is 14.0. The van der Waals surface area contributed by atoms with E-state index in [2.05, 4.69) is 0 Å². The molecule has 0 fully saturated rings. The van der Waals surface area contributed by atoms with Crippen molar-refractivity contribution in [2.45, 2.75) is 45.8 Å². The van der Waals surface area contributed by atoms with E-state index < -0.39 is 6.04 Å². The minimum absolute atomic E-state index is 0.174. The SMILES string of the molecule is COC(=C/N(C)C(C=O)CCOC(C)(C)C)/C(=C\C=O)c1cc(Cl)ccc1C(C)=O. The molecule has 1 atom stereocenters. The van der Waals surface area contributed by atoms with Crippen molar-refractivity contribution in [3.05, 3.63) is 52.4 Å². The van der Waals surface area contributed by atoms with Crippen molar-refractivity contribution in [2.75, 3.05) is 20.8 Å². The zero-order valence-corrected chi connectivity index (χ0v) is 19.2. The molecule has 0 N–H and O–H groups in total. The number of hydrogen-bond donors (Lipinski definition) is 0. The Kier molecular flexibility index (Phi) is 9.96. The number of Topliss-reactive ketones (excluding diaryl/α,β-unsaturated/α-hetero) is 1. The molecule has 0 aliphatic carbocycles. The monoisotopic (exact) mass is 435 g/mol. The van der Waals surface area contributed by atoms with Crippen molar-refractivity contribution in [3.63, 3.8) is 0 Å². The number of hydrogen-bond acceptors (Lipinski definition) is 6. The molecule has 30 heavy (non-hydrogen) atoms. The van der Waals surface area contributed by atoms with Crippen LogP contribution in [0.5, 0.6) is 0 Å². The molecule has 0 heterocycles. The minimum atomic E-state index is -0.457. The maximum Gasteiger partial charge on any atom is 0.160 e. The van der Waals surface area contributed by atoms with Gasteiger partial charge in [-0.3, -0.25) is 9.59 Å². The zero-order chi connectivity index (χ0) is 22.9. The number of ether oxygens (including phenoxy) is 2. The van der Waals surface area contributed by atoms with Gasteiger partial charge in [-0.1, -0.05) is 11.6 Å². The van der Waals surface area contributed by atoms with Crippen molar-refractivity contribution < 1.29 is 23.9 Å². The van der Waals surface area contributed by atoms with E-state index >= 15 is 0 Å². The van der Waals surface area contributed by atoms with Crippen LogP contribution >= 0.6 is 11.6 Å². The Labute approximate surface area is 183 Å². The molecule has 0 aliphatic rings. The molecule has 164 valence electrons. The van der Waals surface area contributed by atoms with Gasteiger partial charge in [-0.2, -0.15) is 0 Å². The van der Waals surface area contributed by atoms with E-state index in [-0.39, 0.29) is 11.4 Å². The van der Waals surface area contributed by atoms with Crippen LogP contribution in [-0.2, 0) is 19.1 Å². The molecule has 0 saturated carbocycles. The summed E-state index contributed by atoms with van der Waals surface area (Å²) in [5.74, 6) is 0.144. The first kappa shape index (κ1) is 25.6. The molecule has 7 heteroatoms. The Morgan fingerprint density at radius 3 is 2.40 bits per heavy atom. The predicted octanol–water partition coefficient (Wildman–Crippen LogP) is 4.32. The van der Waals surface area contributed by atoms with Gasteiger partial charge in [0, 0.05) is 36.0 Å². The lowest BCUT2D eigenvalue weighted by Gasteiger charge is -2.26. The van der Waals surface area contributed by atoms with Crippen LogP contribution in [0.1, 0.15) is 50.0 Å². The van der Waals surface area contributed by atoms with E-state index in [4.69, 9.17) is 21.1 Å². The predicted molar refractivity (Wildman–Crippen MR) is 119 cm³/mol. The Morgan fingerprint density at radius 1 is 1.23 bits per heavy atom. The molecular formula is C23H30ClNO5. The Bertz CT molecular complexity index is 823. The molecular weight excluding hydrogens is 406 g/mol. The molecule has 1 aromatic rings. The summed E-state index contributed by atoms with van der Waals surface area (Å²) in [4.78, 5) is 36.7. The van der Waals surface area contributed by atoms with Crippen molar-refractivity contribution >= 4 is 35.5 Å². The second-order valence-corrected chi connectivity index (χ2v) is 8.21. The number of carbonyl (C=O) groups is 3. The number of likely N-dealkylation sites (N-methyl/N-ethyl adjacent to an activating group) is 1. The summed E-state index contributed by atoms with van der Waals surface area (Å²) in [5.41, 5.74) is 0.975. The number of allylic oxidation sites excluding steroid dienone is 2. The van der Waals surface area contributed by atoms with E-state index in [0.29, 0.717) is 46.8 Å². The molecule has 0 spiro atoms. The van der Waals surface area contributed by atoms with E-state index in [1.165, 1.54) is 20.1 Å². The second kappa shape index (κ2) is 11.7. The maximum atomic E-state index is 12.1. The third-order valence-electron chi connectivity index (χ3n) is 4.32. The lowest BCUT2D eigenvalue weighted by Crippen LogP contribution is -2.32. The van der Waals surface area contributed by atoms with Crippen molar-refractivity contribution in [2.24, 2.45) is 0 Å². The Hall–Kier alpha value is -2.44. The van der Waals surface area contributed by atoms with Gasteiger partial charge in [-0.15, -0.1) is 0 Å².